The van der Waals surface area contributed by atoms with Gasteiger partial charge >= 0.3 is 0 Å². The van der Waals surface area contributed by atoms with Gasteiger partial charge in [0.2, 0.25) is 0 Å². The number of non-ortho nitro benzene ring substituents is 1. The first-order chi connectivity index (χ1) is 19.1. The lowest BCUT2D eigenvalue weighted by Crippen LogP contribution is -2.36. The Morgan fingerprint density at radius 3 is 2.60 bits per heavy atom. The Hall–Kier alpha value is -3.27. The number of rotatable bonds is 6. The van der Waals surface area contributed by atoms with E-state index in [4.69, 9.17) is 21.3 Å². The van der Waals surface area contributed by atoms with Crippen molar-refractivity contribution in [2.45, 2.75) is 40.0 Å². The van der Waals surface area contributed by atoms with Crippen LogP contribution in [0.3, 0.4) is 0 Å². The quantitative estimate of drug-likeness (QED) is 0.187. The summed E-state index contributed by atoms with van der Waals surface area (Å²) >= 11 is 7.58. The number of hydrogen-bond acceptors (Lipinski definition) is 7. The fourth-order valence-corrected chi connectivity index (χ4v) is 6.74. The van der Waals surface area contributed by atoms with Crippen LogP contribution in [-0.2, 0) is 17.6 Å². The number of nitro groups is 1. The predicted octanol–water partition coefficient (Wildman–Crippen LogP) is 7.30. The first kappa shape index (κ1) is 28.3. The van der Waals surface area contributed by atoms with Crippen LogP contribution in [0.15, 0.2) is 47.5 Å². The van der Waals surface area contributed by atoms with Crippen LogP contribution in [0.5, 0.6) is 0 Å². The van der Waals surface area contributed by atoms with Gasteiger partial charge in [-0.1, -0.05) is 32.4 Å². The molecule has 0 radical (unpaired) electrons. The highest BCUT2D eigenvalue weighted by atomic mass is 35.5. The first-order valence-electron chi connectivity index (χ1n) is 13.5. The molecule has 0 bridgehead atoms. The van der Waals surface area contributed by atoms with E-state index in [1.807, 2.05) is 0 Å². The van der Waals surface area contributed by atoms with Crippen molar-refractivity contribution in [1.82, 2.24) is 0 Å². The molecule has 210 valence electrons. The second-order valence-corrected chi connectivity index (χ2v) is 12.8. The zero-order valence-corrected chi connectivity index (χ0v) is 24.5. The van der Waals surface area contributed by atoms with Crippen LogP contribution < -0.4 is 10.2 Å². The summed E-state index contributed by atoms with van der Waals surface area (Å²) in [6.45, 7) is 9.35. The number of benzene rings is 2. The summed E-state index contributed by atoms with van der Waals surface area (Å²) in [6, 6.07) is 11.9. The van der Waals surface area contributed by atoms with Crippen molar-refractivity contribution in [1.29, 1.82) is 0 Å². The summed E-state index contributed by atoms with van der Waals surface area (Å²) < 4.78 is 5.50. The average molecular weight is 581 g/mol. The van der Waals surface area contributed by atoms with E-state index in [2.05, 4.69) is 31.0 Å². The number of thiophene rings is 1. The summed E-state index contributed by atoms with van der Waals surface area (Å²) in [7, 11) is 0. The van der Waals surface area contributed by atoms with E-state index >= 15 is 0 Å². The summed E-state index contributed by atoms with van der Waals surface area (Å²) in [5.41, 5.74) is 3.94. The van der Waals surface area contributed by atoms with Gasteiger partial charge in [-0.25, -0.2) is 4.99 Å². The lowest BCUT2D eigenvalue weighted by atomic mass is 9.72. The molecule has 8 nitrogen and oxygen atoms in total. The van der Waals surface area contributed by atoms with Crippen LogP contribution in [-0.4, -0.2) is 43.3 Å². The third-order valence-electron chi connectivity index (χ3n) is 7.70. The van der Waals surface area contributed by atoms with Crippen molar-refractivity contribution in [3.8, 4) is 0 Å². The zero-order chi connectivity index (χ0) is 28.4. The maximum absolute atomic E-state index is 13.7. The van der Waals surface area contributed by atoms with Crippen LogP contribution in [0.2, 0.25) is 5.02 Å². The molecule has 0 unspecified atom stereocenters. The van der Waals surface area contributed by atoms with Crippen LogP contribution in [0.1, 0.15) is 53.6 Å². The summed E-state index contributed by atoms with van der Waals surface area (Å²) in [6.07, 6.45) is 4.37. The number of nitro benzene ring substituents is 1. The maximum atomic E-state index is 13.7. The highest BCUT2D eigenvalue weighted by molar-refractivity contribution is 7.16. The van der Waals surface area contributed by atoms with Gasteiger partial charge in [-0.05, 0) is 66.5 Å². The fourth-order valence-electron chi connectivity index (χ4n) is 5.34. The van der Waals surface area contributed by atoms with Crippen LogP contribution in [0.4, 0.5) is 22.1 Å². The van der Waals surface area contributed by atoms with E-state index in [1.54, 1.807) is 53.9 Å². The van der Waals surface area contributed by atoms with E-state index in [0.717, 1.165) is 30.5 Å². The van der Waals surface area contributed by atoms with Crippen molar-refractivity contribution >= 4 is 57.1 Å². The van der Waals surface area contributed by atoms with Crippen LogP contribution >= 0.6 is 22.9 Å². The molecule has 1 N–H and O–H groups in total. The first-order valence-corrected chi connectivity index (χ1v) is 14.7. The van der Waals surface area contributed by atoms with Crippen LogP contribution in [0, 0.1) is 21.4 Å². The molecule has 1 aliphatic carbocycles. The molecule has 2 aliphatic rings. The molecule has 10 heteroatoms. The Balaban J connectivity index is 1.54. The van der Waals surface area contributed by atoms with E-state index in [-0.39, 0.29) is 17.0 Å². The van der Waals surface area contributed by atoms with Gasteiger partial charge in [0.1, 0.15) is 5.00 Å². The third kappa shape index (κ3) is 6.22. The monoisotopic (exact) mass is 580 g/mol. The Labute approximate surface area is 243 Å². The van der Waals surface area contributed by atoms with Gasteiger partial charge in [0, 0.05) is 58.3 Å². The van der Waals surface area contributed by atoms with E-state index in [1.165, 1.54) is 10.9 Å². The minimum atomic E-state index is -0.401. The van der Waals surface area contributed by atoms with Crippen molar-refractivity contribution in [2.24, 2.45) is 16.3 Å². The molecule has 1 aliphatic heterocycles. The van der Waals surface area contributed by atoms with E-state index in [0.29, 0.717) is 59.1 Å². The van der Waals surface area contributed by atoms with Crippen LogP contribution in [0.25, 0.3) is 0 Å². The molecule has 2 heterocycles. The molecule has 1 fully saturated rings. The van der Waals surface area contributed by atoms with Gasteiger partial charge in [-0.3, -0.25) is 14.9 Å². The largest absolute Gasteiger partial charge is 0.378 e. The average Bonchev–Trinajstić information content (AvgIpc) is 3.31. The van der Waals surface area contributed by atoms with Gasteiger partial charge in [-0.2, -0.15) is 0 Å². The summed E-state index contributed by atoms with van der Waals surface area (Å²) in [4.78, 5) is 33.0. The molecule has 0 saturated carbocycles. The summed E-state index contributed by atoms with van der Waals surface area (Å²) in [5.74, 6) is 0.293. The number of hydrogen-bond donors (Lipinski definition) is 1. The second-order valence-electron chi connectivity index (χ2n) is 11.3. The normalized spacial score (nSPS) is 17.6. The number of carbonyl (C=O) groups excluding carboxylic acids is 1. The predicted molar refractivity (Wildman–Crippen MR) is 162 cm³/mol. The van der Waals surface area contributed by atoms with E-state index < -0.39 is 4.92 Å². The van der Waals surface area contributed by atoms with Gasteiger partial charge in [0.15, 0.2) is 0 Å². The number of nitrogens with zero attached hydrogens (tertiary/aromatic N) is 3. The Morgan fingerprint density at radius 2 is 1.93 bits per heavy atom. The molecule has 5 rings (SSSR count). The molecule has 40 heavy (non-hydrogen) atoms. The lowest BCUT2D eigenvalue weighted by Gasteiger charge is -2.33. The molecular weight excluding hydrogens is 548 g/mol. The third-order valence-corrected chi connectivity index (χ3v) is 9.11. The van der Waals surface area contributed by atoms with Gasteiger partial charge in [-0.15, -0.1) is 11.3 Å². The zero-order valence-electron chi connectivity index (χ0n) is 22.9. The van der Waals surface area contributed by atoms with Gasteiger partial charge in [0.05, 0.1) is 23.7 Å². The number of aliphatic imine (C=N–C) groups is 1. The number of carbonyl (C=O) groups is 1. The number of ether oxygens (including phenoxy) is 1. The number of amides is 1. The number of anilines is 2. The highest BCUT2D eigenvalue weighted by Crippen LogP contribution is 2.45. The Kier molecular flexibility index (Phi) is 8.26. The van der Waals surface area contributed by atoms with Crippen molar-refractivity contribution < 1.29 is 14.5 Å². The minimum absolute atomic E-state index is 0.00217. The molecule has 1 amide bonds. The number of nitrogens with one attached hydrogen (secondary N) is 1. The van der Waals surface area contributed by atoms with Gasteiger partial charge in [0.25, 0.3) is 11.6 Å². The molecular formula is C30H33ClN4O4S. The Bertz CT molecular complexity index is 1440. The van der Waals surface area contributed by atoms with Crippen molar-refractivity contribution in [3.05, 3.63) is 79.2 Å². The Morgan fingerprint density at radius 1 is 1.20 bits per heavy atom. The molecule has 1 saturated heterocycles. The smallest absolute Gasteiger partial charge is 0.270 e. The topological polar surface area (TPSA) is 97.1 Å². The maximum Gasteiger partial charge on any atom is 0.270 e. The summed E-state index contributed by atoms with van der Waals surface area (Å²) in [5, 5.41) is 15.8. The number of fused-ring (bicyclic) bond motifs is 1. The molecule has 2 aromatic carbocycles. The SMILES string of the molecule is CC(C)(C)[C@@H]1CCc2c(sc(N=Cc3cc([N+](=O)[O-])ccc3N3CCOCC3)c2C(=O)Nc2ccc(Cl)cc2)C1. The molecule has 0 spiro atoms. The highest BCUT2D eigenvalue weighted by Gasteiger charge is 2.33. The van der Waals surface area contributed by atoms with Gasteiger partial charge < -0.3 is 15.0 Å². The van der Waals surface area contributed by atoms with Crippen molar-refractivity contribution in [2.75, 3.05) is 36.5 Å². The molecule has 1 aromatic heterocycles. The lowest BCUT2D eigenvalue weighted by molar-refractivity contribution is -0.384. The second kappa shape index (κ2) is 11.7. The van der Waals surface area contributed by atoms with Crippen molar-refractivity contribution in [3.63, 3.8) is 0 Å². The standard InChI is InChI=1S/C30H33ClN4O4S/c1-30(2,3)20-4-10-24-26(17-20)40-29(27(24)28(36)33-22-7-5-21(31)6-8-22)32-18-19-16-23(35(37)38)9-11-25(19)34-12-14-39-15-13-34/h5-9,11,16,18,20H,4,10,12-15,17H2,1-3H3,(H,33,36)/t20-/m1/s1. The number of morpholine rings is 1. The number of halogens is 1. The fraction of sp³-hybridized carbons (Fsp3) is 0.400. The molecule has 1 atom stereocenters. The molecule has 3 aromatic rings. The minimum Gasteiger partial charge on any atom is -0.378 e. The van der Waals surface area contributed by atoms with E-state index in [9.17, 15) is 14.9 Å².